The number of pyridine rings is 1. The molecule has 0 bridgehead atoms. The van der Waals surface area contributed by atoms with Gasteiger partial charge in [-0.1, -0.05) is 18.2 Å². The van der Waals surface area contributed by atoms with E-state index in [4.69, 9.17) is 9.15 Å². The van der Waals surface area contributed by atoms with Crippen molar-refractivity contribution in [2.75, 3.05) is 7.11 Å². The summed E-state index contributed by atoms with van der Waals surface area (Å²) in [6.07, 6.45) is 3.35. The van der Waals surface area contributed by atoms with Crippen LogP contribution in [0, 0.1) is 13.8 Å². The third-order valence-corrected chi connectivity index (χ3v) is 5.99. The number of ether oxygens (including phenoxy) is 1. The largest absolute Gasteiger partial charge is 0.504 e. The van der Waals surface area contributed by atoms with Crippen LogP contribution in [0.15, 0.2) is 64.1 Å². The third kappa shape index (κ3) is 3.33. The average molecular weight is 442 g/mol. The maximum absolute atomic E-state index is 13.7. The van der Waals surface area contributed by atoms with Crippen molar-refractivity contribution >= 4 is 16.9 Å². The van der Waals surface area contributed by atoms with Crippen LogP contribution in [-0.4, -0.2) is 28.0 Å². The highest BCUT2D eigenvalue weighted by molar-refractivity contribution is 5.99. The number of aromatic nitrogens is 1. The molecule has 1 aliphatic rings. The first kappa shape index (κ1) is 20.8. The first-order valence-electron chi connectivity index (χ1n) is 10.5. The Bertz CT molecular complexity index is 1460. The predicted octanol–water partition coefficient (Wildman–Crippen LogP) is 4.26. The van der Waals surface area contributed by atoms with E-state index in [0.717, 1.165) is 16.7 Å². The van der Waals surface area contributed by atoms with Crippen molar-refractivity contribution in [2.45, 2.75) is 26.4 Å². The van der Waals surface area contributed by atoms with Gasteiger partial charge in [-0.2, -0.15) is 0 Å². The molecule has 7 heteroatoms. The molecule has 5 rings (SSSR count). The highest BCUT2D eigenvalue weighted by Crippen LogP contribution is 2.41. The van der Waals surface area contributed by atoms with Gasteiger partial charge in [0.15, 0.2) is 16.9 Å². The van der Waals surface area contributed by atoms with Crippen LogP contribution in [0.1, 0.15) is 44.4 Å². The van der Waals surface area contributed by atoms with Crippen LogP contribution in [0.25, 0.3) is 11.0 Å². The fourth-order valence-corrected chi connectivity index (χ4v) is 4.54. The minimum absolute atomic E-state index is 0.0265. The standard InChI is InChI=1S/C26H22N2O5/c1-14-9-15(2)24-18(10-14)23(30)21-22(17-6-7-19(29)20(11-17)32-3)28(26(31)25(21)33-24)13-16-5-4-8-27-12-16/h4-12,22,29H,13H2,1-3H3/t22-/m1/s1. The van der Waals surface area contributed by atoms with Gasteiger partial charge in [0.1, 0.15) is 5.58 Å². The molecule has 0 spiro atoms. The number of benzene rings is 2. The molecule has 7 nitrogen and oxygen atoms in total. The first-order valence-corrected chi connectivity index (χ1v) is 10.5. The molecule has 1 amide bonds. The summed E-state index contributed by atoms with van der Waals surface area (Å²) < 4.78 is 11.4. The Kier molecular flexibility index (Phi) is 4.89. The molecule has 0 saturated carbocycles. The van der Waals surface area contributed by atoms with Gasteiger partial charge in [0.2, 0.25) is 5.76 Å². The first-order chi connectivity index (χ1) is 15.9. The fourth-order valence-electron chi connectivity index (χ4n) is 4.54. The predicted molar refractivity (Wildman–Crippen MR) is 123 cm³/mol. The Labute approximate surface area is 189 Å². The molecule has 1 N–H and O–H groups in total. The van der Waals surface area contributed by atoms with E-state index in [1.54, 1.807) is 41.6 Å². The van der Waals surface area contributed by atoms with Crippen molar-refractivity contribution in [1.82, 2.24) is 9.88 Å². The average Bonchev–Trinajstić information content (AvgIpc) is 3.08. The maximum Gasteiger partial charge on any atom is 0.291 e. The smallest absolute Gasteiger partial charge is 0.291 e. The minimum atomic E-state index is -0.705. The van der Waals surface area contributed by atoms with Crippen LogP contribution in [0.4, 0.5) is 0 Å². The van der Waals surface area contributed by atoms with Gasteiger partial charge in [-0.3, -0.25) is 14.6 Å². The molecule has 0 radical (unpaired) electrons. The number of carbonyl (C=O) groups excluding carboxylic acids is 1. The van der Waals surface area contributed by atoms with Gasteiger partial charge < -0.3 is 19.2 Å². The molecule has 0 saturated heterocycles. The minimum Gasteiger partial charge on any atom is -0.504 e. The molecule has 166 valence electrons. The lowest BCUT2D eigenvalue weighted by Crippen LogP contribution is -2.29. The third-order valence-electron chi connectivity index (χ3n) is 5.99. The van der Waals surface area contributed by atoms with E-state index in [1.165, 1.54) is 13.2 Å². The second-order valence-electron chi connectivity index (χ2n) is 8.26. The van der Waals surface area contributed by atoms with Gasteiger partial charge in [0, 0.05) is 18.9 Å². The number of aromatic hydroxyl groups is 1. The van der Waals surface area contributed by atoms with Crippen LogP contribution < -0.4 is 10.2 Å². The molecule has 2 aromatic carbocycles. The molecular formula is C26H22N2O5. The Morgan fingerprint density at radius 2 is 1.97 bits per heavy atom. The molecule has 3 heterocycles. The number of methoxy groups -OCH3 is 1. The van der Waals surface area contributed by atoms with Crippen LogP contribution in [0.2, 0.25) is 0 Å². The summed E-state index contributed by atoms with van der Waals surface area (Å²) in [5, 5.41) is 10.5. The number of fused-ring (bicyclic) bond motifs is 2. The second kappa shape index (κ2) is 7.78. The van der Waals surface area contributed by atoms with Crippen LogP contribution in [-0.2, 0) is 6.54 Å². The number of aryl methyl sites for hydroxylation is 2. The summed E-state index contributed by atoms with van der Waals surface area (Å²) in [4.78, 5) is 33.1. The number of amides is 1. The van der Waals surface area contributed by atoms with Gasteiger partial charge in [-0.15, -0.1) is 0 Å². The molecular weight excluding hydrogens is 420 g/mol. The number of carbonyl (C=O) groups is 1. The lowest BCUT2D eigenvalue weighted by atomic mass is 9.97. The van der Waals surface area contributed by atoms with E-state index in [-0.39, 0.29) is 40.7 Å². The van der Waals surface area contributed by atoms with Gasteiger partial charge in [0.05, 0.1) is 24.1 Å². The molecule has 0 aliphatic carbocycles. The number of phenols is 1. The van der Waals surface area contributed by atoms with E-state index >= 15 is 0 Å². The monoisotopic (exact) mass is 442 g/mol. The van der Waals surface area contributed by atoms with Crippen molar-refractivity contribution < 1.29 is 19.1 Å². The SMILES string of the molecule is COc1cc([C@@H]2c3c(oc4c(C)cc(C)cc4c3=O)C(=O)N2Cc2cccnc2)ccc1O. The molecule has 0 fully saturated rings. The number of phenolic OH excluding ortho intramolecular Hbond substituents is 1. The van der Waals surface area contributed by atoms with Crippen molar-refractivity contribution in [3.8, 4) is 11.5 Å². The number of nitrogens with zero attached hydrogens (tertiary/aromatic N) is 2. The van der Waals surface area contributed by atoms with Crippen molar-refractivity contribution in [3.63, 3.8) is 0 Å². The Balaban J connectivity index is 1.77. The Hall–Kier alpha value is -4.13. The van der Waals surface area contributed by atoms with Crippen LogP contribution in [0.5, 0.6) is 11.5 Å². The zero-order valence-electron chi connectivity index (χ0n) is 18.5. The summed E-state index contributed by atoms with van der Waals surface area (Å²) in [6.45, 7) is 4.01. The summed E-state index contributed by atoms with van der Waals surface area (Å²) in [5.41, 5.74) is 3.65. The topological polar surface area (TPSA) is 92.9 Å². The molecule has 1 aliphatic heterocycles. The van der Waals surface area contributed by atoms with Crippen molar-refractivity contribution in [3.05, 3.63) is 98.7 Å². The van der Waals surface area contributed by atoms with Crippen molar-refractivity contribution in [1.29, 1.82) is 0 Å². The lowest BCUT2D eigenvalue weighted by Gasteiger charge is -2.25. The molecule has 33 heavy (non-hydrogen) atoms. The van der Waals surface area contributed by atoms with Crippen LogP contribution in [0.3, 0.4) is 0 Å². The van der Waals surface area contributed by atoms with Gasteiger partial charge >= 0.3 is 0 Å². The van der Waals surface area contributed by atoms with Crippen LogP contribution >= 0.6 is 0 Å². The van der Waals surface area contributed by atoms with E-state index in [2.05, 4.69) is 4.98 Å². The fraction of sp³-hybridized carbons (Fsp3) is 0.192. The summed E-state index contributed by atoms with van der Waals surface area (Å²) in [7, 11) is 1.45. The number of rotatable bonds is 4. The quantitative estimate of drug-likeness (QED) is 0.508. The number of hydrogen-bond donors (Lipinski definition) is 1. The highest BCUT2D eigenvalue weighted by Gasteiger charge is 2.43. The molecule has 1 atom stereocenters. The molecule has 2 aromatic heterocycles. The normalized spacial score (nSPS) is 15.2. The highest BCUT2D eigenvalue weighted by atomic mass is 16.5. The zero-order chi connectivity index (χ0) is 23.3. The summed E-state index contributed by atoms with van der Waals surface area (Å²) in [5.74, 6) is -0.0988. The molecule has 0 unspecified atom stereocenters. The molecule has 4 aromatic rings. The van der Waals surface area contributed by atoms with E-state index in [9.17, 15) is 14.7 Å². The Morgan fingerprint density at radius 1 is 1.15 bits per heavy atom. The van der Waals surface area contributed by atoms with Gasteiger partial charge in [-0.25, -0.2) is 0 Å². The van der Waals surface area contributed by atoms with E-state index in [0.29, 0.717) is 16.5 Å². The number of hydrogen-bond acceptors (Lipinski definition) is 6. The van der Waals surface area contributed by atoms with Crippen molar-refractivity contribution in [2.24, 2.45) is 0 Å². The van der Waals surface area contributed by atoms with E-state index in [1.807, 2.05) is 26.0 Å². The lowest BCUT2D eigenvalue weighted by molar-refractivity contribution is 0.0714. The summed E-state index contributed by atoms with van der Waals surface area (Å²) in [6, 6.07) is 11.5. The van der Waals surface area contributed by atoms with E-state index < -0.39 is 6.04 Å². The summed E-state index contributed by atoms with van der Waals surface area (Å²) >= 11 is 0. The maximum atomic E-state index is 13.7. The van der Waals surface area contributed by atoms with Gasteiger partial charge in [-0.05, 0) is 60.4 Å². The zero-order valence-corrected chi connectivity index (χ0v) is 18.5. The Morgan fingerprint density at radius 3 is 2.70 bits per heavy atom. The second-order valence-corrected chi connectivity index (χ2v) is 8.26. The van der Waals surface area contributed by atoms with Gasteiger partial charge in [0.25, 0.3) is 5.91 Å².